The Kier molecular flexibility index (Phi) is 4.84. The van der Waals surface area contributed by atoms with Gasteiger partial charge in [-0.25, -0.2) is 9.97 Å². The molecule has 6 heteroatoms. The molecule has 1 N–H and O–H groups in total. The van der Waals surface area contributed by atoms with Crippen LogP contribution in [0.3, 0.4) is 0 Å². The zero-order valence-corrected chi connectivity index (χ0v) is 12.0. The van der Waals surface area contributed by atoms with Gasteiger partial charge in [0.2, 0.25) is 0 Å². The van der Waals surface area contributed by atoms with Crippen molar-refractivity contribution in [3.8, 4) is 0 Å². The molecule has 2 rings (SSSR count). The SMILES string of the molecule is CNc1cc(N(C)Cc2ccccn2)nc(COC)n1. The highest BCUT2D eigenvalue weighted by Crippen LogP contribution is 2.16. The van der Waals surface area contributed by atoms with Gasteiger partial charge in [0.05, 0.1) is 12.2 Å². The Morgan fingerprint density at radius 3 is 2.80 bits per heavy atom. The van der Waals surface area contributed by atoms with Crippen LogP contribution in [-0.4, -0.2) is 36.2 Å². The number of hydrogen-bond acceptors (Lipinski definition) is 6. The molecule has 0 aliphatic rings. The molecule has 0 amide bonds. The lowest BCUT2D eigenvalue weighted by Crippen LogP contribution is -2.19. The molecule has 0 saturated heterocycles. The van der Waals surface area contributed by atoms with Crippen LogP contribution < -0.4 is 10.2 Å². The Labute approximate surface area is 118 Å². The fourth-order valence-electron chi connectivity index (χ4n) is 1.82. The number of hydrogen-bond donors (Lipinski definition) is 1. The lowest BCUT2D eigenvalue weighted by Gasteiger charge is -2.19. The maximum absolute atomic E-state index is 5.10. The second kappa shape index (κ2) is 6.81. The Morgan fingerprint density at radius 2 is 2.15 bits per heavy atom. The molecular formula is C14H19N5O. The van der Waals surface area contributed by atoms with Crippen LogP contribution in [0.25, 0.3) is 0 Å². The monoisotopic (exact) mass is 273 g/mol. The van der Waals surface area contributed by atoms with Crippen LogP contribution in [0.1, 0.15) is 11.5 Å². The Bertz CT molecular complexity index is 547. The molecule has 0 aliphatic heterocycles. The van der Waals surface area contributed by atoms with Gasteiger partial charge in [-0.15, -0.1) is 0 Å². The zero-order chi connectivity index (χ0) is 14.4. The standard InChI is InChI=1S/C14H19N5O/c1-15-12-8-14(18-13(17-12)10-20-3)19(2)9-11-6-4-5-7-16-11/h4-8H,9-10H2,1-3H3,(H,15,17,18). The van der Waals surface area contributed by atoms with Gasteiger partial charge in [-0.2, -0.15) is 0 Å². The Hall–Kier alpha value is -2.21. The third-order valence-corrected chi connectivity index (χ3v) is 2.80. The molecular weight excluding hydrogens is 254 g/mol. The molecule has 2 aromatic rings. The van der Waals surface area contributed by atoms with Gasteiger partial charge < -0.3 is 15.0 Å². The normalized spacial score (nSPS) is 10.3. The molecule has 0 atom stereocenters. The molecule has 6 nitrogen and oxygen atoms in total. The minimum Gasteiger partial charge on any atom is -0.377 e. The van der Waals surface area contributed by atoms with Crippen molar-refractivity contribution in [2.24, 2.45) is 0 Å². The topological polar surface area (TPSA) is 63.2 Å². The fourth-order valence-corrected chi connectivity index (χ4v) is 1.82. The van der Waals surface area contributed by atoms with E-state index in [9.17, 15) is 0 Å². The van der Waals surface area contributed by atoms with Gasteiger partial charge in [-0.3, -0.25) is 4.98 Å². The summed E-state index contributed by atoms with van der Waals surface area (Å²) in [5.74, 6) is 2.26. The highest BCUT2D eigenvalue weighted by atomic mass is 16.5. The predicted molar refractivity (Wildman–Crippen MR) is 78.6 cm³/mol. The zero-order valence-electron chi connectivity index (χ0n) is 12.0. The van der Waals surface area contributed by atoms with Crippen molar-refractivity contribution in [3.63, 3.8) is 0 Å². The van der Waals surface area contributed by atoms with Gasteiger partial charge in [-0.05, 0) is 12.1 Å². The highest BCUT2D eigenvalue weighted by Gasteiger charge is 2.09. The minimum absolute atomic E-state index is 0.389. The first-order valence-electron chi connectivity index (χ1n) is 6.38. The first-order chi connectivity index (χ1) is 9.72. The van der Waals surface area contributed by atoms with Crippen molar-refractivity contribution < 1.29 is 4.74 Å². The summed E-state index contributed by atoms with van der Waals surface area (Å²) in [6.07, 6.45) is 1.79. The van der Waals surface area contributed by atoms with E-state index in [1.807, 2.05) is 43.3 Å². The number of ether oxygens (including phenoxy) is 1. The van der Waals surface area contributed by atoms with E-state index in [2.05, 4.69) is 20.3 Å². The molecule has 0 radical (unpaired) electrons. The van der Waals surface area contributed by atoms with Crippen molar-refractivity contribution in [3.05, 3.63) is 42.0 Å². The van der Waals surface area contributed by atoms with Gasteiger partial charge in [0.15, 0.2) is 5.82 Å². The molecule has 0 aromatic carbocycles. The second-order valence-corrected chi connectivity index (χ2v) is 4.39. The van der Waals surface area contributed by atoms with E-state index in [1.165, 1.54) is 0 Å². The van der Waals surface area contributed by atoms with Crippen LogP contribution in [0.2, 0.25) is 0 Å². The van der Waals surface area contributed by atoms with E-state index < -0.39 is 0 Å². The highest BCUT2D eigenvalue weighted by molar-refractivity contribution is 5.48. The summed E-state index contributed by atoms with van der Waals surface area (Å²) in [6, 6.07) is 7.78. The number of pyridine rings is 1. The van der Waals surface area contributed by atoms with Gasteiger partial charge in [0.1, 0.15) is 18.2 Å². The van der Waals surface area contributed by atoms with Gasteiger partial charge in [0, 0.05) is 33.5 Å². The van der Waals surface area contributed by atoms with Gasteiger partial charge >= 0.3 is 0 Å². The molecule has 20 heavy (non-hydrogen) atoms. The van der Waals surface area contributed by atoms with Crippen molar-refractivity contribution in [1.82, 2.24) is 15.0 Å². The maximum Gasteiger partial charge on any atom is 0.158 e. The molecule has 0 fully saturated rings. The summed E-state index contributed by atoms with van der Waals surface area (Å²) in [4.78, 5) is 15.2. The fraction of sp³-hybridized carbons (Fsp3) is 0.357. The van der Waals surface area contributed by atoms with Gasteiger partial charge in [0.25, 0.3) is 0 Å². The summed E-state index contributed by atoms with van der Waals surface area (Å²) >= 11 is 0. The number of rotatable bonds is 6. The summed E-state index contributed by atoms with van der Waals surface area (Å²) in [5.41, 5.74) is 0.993. The third-order valence-electron chi connectivity index (χ3n) is 2.80. The third kappa shape index (κ3) is 3.64. The summed E-state index contributed by atoms with van der Waals surface area (Å²) in [6.45, 7) is 1.08. The van der Waals surface area contributed by atoms with E-state index in [1.54, 1.807) is 13.3 Å². The second-order valence-electron chi connectivity index (χ2n) is 4.39. The van der Waals surface area contributed by atoms with Crippen LogP contribution in [0.15, 0.2) is 30.5 Å². The molecule has 0 bridgehead atoms. The molecule has 106 valence electrons. The van der Waals surface area contributed by atoms with Crippen LogP contribution in [0.4, 0.5) is 11.6 Å². The average molecular weight is 273 g/mol. The Morgan fingerprint density at radius 1 is 1.30 bits per heavy atom. The maximum atomic E-state index is 5.10. The first kappa shape index (κ1) is 14.2. The molecule has 0 spiro atoms. The van der Waals surface area contributed by atoms with Crippen LogP contribution in [-0.2, 0) is 17.9 Å². The molecule has 0 saturated carbocycles. The average Bonchev–Trinajstić information content (AvgIpc) is 2.48. The number of nitrogens with one attached hydrogen (secondary N) is 1. The predicted octanol–water partition coefficient (Wildman–Crippen LogP) is 1.70. The van der Waals surface area contributed by atoms with E-state index in [4.69, 9.17) is 4.74 Å². The number of aromatic nitrogens is 3. The minimum atomic E-state index is 0.389. The molecule has 0 aliphatic carbocycles. The van der Waals surface area contributed by atoms with Crippen LogP contribution in [0.5, 0.6) is 0 Å². The lowest BCUT2D eigenvalue weighted by molar-refractivity contribution is 0.178. The summed E-state index contributed by atoms with van der Waals surface area (Å²) < 4.78 is 5.10. The lowest BCUT2D eigenvalue weighted by atomic mass is 10.3. The molecule has 2 heterocycles. The first-order valence-corrected chi connectivity index (χ1v) is 6.38. The number of methoxy groups -OCH3 is 1. The van der Waals surface area contributed by atoms with Gasteiger partial charge in [-0.1, -0.05) is 6.07 Å². The largest absolute Gasteiger partial charge is 0.377 e. The summed E-state index contributed by atoms with van der Waals surface area (Å²) in [5, 5.41) is 3.04. The van der Waals surface area contributed by atoms with E-state index in [0.717, 1.165) is 17.3 Å². The summed E-state index contributed by atoms with van der Waals surface area (Å²) in [7, 11) is 5.45. The quantitative estimate of drug-likeness (QED) is 0.864. The van der Waals surface area contributed by atoms with E-state index >= 15 is 0 Å². The molecule has 0 unspecified atom stereocenters. The number of nitrogens with zero attached hydrogens (tertiary/aromatic N) is 4. The smallest absolute Gasteiger partial charge is 0.158 e. The van der Waals surface area contributed by atoms with Crippen molar-refractivity contribution in [1.29, 1.82) is 0 Å². The molecule has 2 aromatic heterocycles. The van der Waals surface area contributed by atoms with Crippen molar-refractivity contribution in [2.75, 3.05) is 31.4 Å². The van der Waals surface area contributed by atoms with E-state index in [0.29, 0.717) is 19.0 Å². The Balaban J connectivity index is 2.19. The van der Waals surface area contributed by atoms with Crippen LogP contribution >= 0.6 is 0 Å². The van der Waals surface area contributed by atoms with E-state index in [-0.39, 0.29) is 0 Å². The number of anilines is 2. The van der Waals surface area contributed by atoms with Crippen LogP contribution in [0, 0.1) is 0 Å². The van der Waals surface area contributed by atoms with Crippen molar-refractivity contribution in [2.45, 2.75) is 13.2 Å². The van der Waals surface area contributed by atoms with Crippen molar-refractivity contribution >= 4 is 11.6 Å².